The Kier molecular flexibility index (Phi) is 25.4. The number of alkyl carbamates (subject to hydrolysis) is 2. The molecule has 492 valence electrons. The fourth-order valence-electron chi connectivity index (χ4n) is 10.6. The molecule has 8 amide bonds. The minimum Gasteiger partial charge on any atom is -0.467 e. The summed E-state index contributed by atoms with van der Waals surface area (Å²) in [5.74, 6) is -5.15. The molecule has 8 rings (SSSR count). The van der Waals surface area contributed by atoms with Crippen LogP contribution in [0, 0.1) is 11.6 Å². The first kappa shape index (κ1) is 69.1. The first-order valence-electron chi connectivity index (χ1n) is 30.7. The molecule has 0 fully saturated rings. The summed E-state index contributed by atoms with van der Waals surface area (Å²) in [6.07, 6.45) is 2.61. The van der Waals surface area contributed by atoms with Gasteiger partial charge in [0.25, 0.3) is 23.6 Å². The minimum absolute atomic E-state index is 0.0256. The lowest BCUT2D eigenvalue weighted by Crippen LogP contribution is -2.42. The number of hydrogen-bond donors (Lipinski definition) is 6. The van der Waals surface area contributed by atoms with Gasteiger partial charge in [-0.2, -0.15) is 0 Å². The highest BCUT2D eigenvalue weighted by Crippen LogP contribution is 2.30. The van der Waals surface area contributed by atoms with Crippen LogP contribution in [0.15, 0.2) is 146 Å². The molecule has 0 saturated heterocycles. The van der Waals surface area contributed by atoms with E-state index in [-0.39, 0.29) is 138 Å². The third kappa shape index (κ3) is 20.4. The second-order valence-corrected chi connectivity index (χ2v) is 22.3. The maximum absolute atomic E-state index is 14.0. The summed E-state index contributed by atoms with van der Waals surface area (Å²) in [6.45, 7) is 0.800. The zero-order chi connectivity index (χ0) is 66.9. The zero-order valence-corrected chi connectivity index (χ0v) is 52.1. The van der Waals surface area contributed by atoms with Crippen molar-refractivity contribution < 1.29 is 75.7 Å². The molecule has 0 saturated carbocycles. The Morgan fingerprint density at radius 3 is 1.07 bits per heavy atom. The number of nitrogens with one attached hydrogen (secondary N) is 6. The van der Waals surface area contributed by atoms with E-state index in [2.05, 4.69) is 31.9 Å². The Morgan fingerprint density at radius 2 is 0.755 bits per heavy atom. The monoisotopic (exact) mass is 1290 g/mol. The molecule has 22 nitrogen and oxygen atoms in total. The lowest BCUT2D eigenvalue weighted by Gasteiger charge is -2.17. The summed E-state index contributed by atoms with van der Waals surface area (Å²) in [4.78, 5) is 137. The van der Waals surface area contributed by atoms with Gasteiger partial charge in [0.05, 0.1) is 36.5 Å². The molecule has 0 radical (unpaired) electrons. The van der Waals surface area contributed by atoms with Gasteiger partial charge in [0.1, 0.15) is 36.9 Å². The minimum atomic E-state index is -1.09. The van der Waals surface area contributed by atoms with Gasteiger partial charge in [0.15, 0.2) is 0 Å². The lowest BCUT2D eigenvalue weighted by molar-refractivity contribution is -0.144. The summed E-state index contributed by atoms with van der Waals surface area (Å²) >= 11 is 0. The van der Waals surface area contributed by atoms with Gasteiger partial charge in [0, 0.05) is 65.2 Å². The van der Waals surface area contributed by atoms with E-state index < -0.39 is 71.5 Å². The predicted octanol–water partition coefficient (Wildman–Crippen LogP) is 7.59. The smallest absolute Gasteiger partial charge is 0.408 e. The van der Waals surface area contributed by atoms with Gasteiger partial charge in [0.2, 0.25) is 11.8 Å². The molecule has 0 unspecified atom stereocenters. The van der Waals surface area contributed by atoms with Crippen LogP contribution < -0.4 is 31.9 Å². The van der Waals surface area contributed by atoms with Crippen LogP contribution >= 0.6 is 0 Å². The van der Waals surface area contributed by atoms with E-state index in [0.29, 0.717) is 35.1 Å². The summed E-state index contributed by atoms with van der Waals surface area (Å²) in [6, 6.07) is 33.7. The molecule has 6 aromatic carbocycles. The SMILES string of the molecule is COC(=O)[C@H](CCCNC(=O)c1cc2c(cc1C(=O)NCCc1ccc(F)cc1)CN(C(=O)C/C=C/CC(=O)N1Cc3cc(C(=O)NCCC[C@H](NC(=O)OCc4ccccc4)C(=O)OC)c(C(=O)NCCc4ccc(F)cc4)cc3C1)C2)NC(=O)OCc1ccccc1. The highest BCUT2D eigenvalue weighted by molar-refractivity contribution is 6.08. The molecule has 94 heavy (non-hydrogen) atoms. The van der Waals surface area contributed by atoms with E-state index in [1.807, 2.05) is 12.1 Å². The van der Waals surface area contributed by atoms with Crippen molar-refractivity contribution in [1.29, 1.82) is 0 Å². The van der Waals surface area contributed by atoms with Gasteiger partial charge in [-0.05, 0) is 132 Å². The van der Waals surface area contributed by atoms with Crippen LogP contribution in [0.1, 0.15) is 124 Å². The molecule has 24 heteroatoms. The van der Waals surface area contributed by atoms with Gasteiger partial charge in [-0.15, -0.1) is 0 Å². The third-order valence-corrected chi connectivity index (χ3v) is 15.7. The highest BCUT2D eigenvalue weighted by atomic mass is 19.1. The van der Waals surface area contributed by atoms with E-state index in [1.165, 1.54) is 38.5 Å². The first-order chi connectivity index (χ1) is 45.4. The molecule has 2 heterocycles. The molecule has 0 aromatic heterocycles. The van der Waals surface area contributed by atoms with Gasteiger partial charge < -0.3 is 60.6 Å². The fraction of sp³-hybridized carbons (Fsp3) is 0.314. The maximum Gasteiger partial charge on any atom is 0.408 e. The number of nitrogens with zero attached hydrogens (tertiary/aromatic N) is 2. The number of amides is 8. The molecule has 0 spiro atoms. The Balaban J connectivity index is 0.863. The molecule has 2 aliphatic rings. The van der Waals surface area contributed by atoms with Gasteiger partial charge in [-0.3, -0.25) is 28.8 Å². The molecule has 6 aromatic rings. The lowest BCUT2D eigenvalue weighted by atomic mass is 9.98. The van der Waals surface area contributed by atoms with E-state index in [4.69, 9.17) is 18.9 Å². The number of esters is 2. The van der Waals surface area contributed by atoms with Crippen LogP contribution in [0.5, 0.6) is 0 Å². The molecule has 6 N–H and O–H groups in total. The fourth-order valence-corrected chi connectivity index (χ4v) is 10.6. The Bertz CT molecular complexity index is 3480. The van der Waals surface area contributed by atoms with Crippen LogP contribution in [0.4, 0.5) is 18.4 Å². The van der Waals surface area contributed by atoms with Crippen LogP contribution in [0.3, 0.4) is 0 Å². The first-order valence-corrected chi connectivity index (χ1v) is 30.7. The van der Waals surface area contributed by atoms with Gasteiger partial charge in [-0.1, -0.05) is 97.1 Å². The van der Waals surface area contributed by atoms with E-state index >= 15 is 0 Å². The van der Waals surface area contributed by atoms with Crippen LogP contribution in [0.2, 0.25) is 0 Å². The van der Waals surface area contributed by atoms with Crippen molar-refractivity contribution in [1.82, 2.24) is 41.7 Å². The highest BCUT2D eigenvalue weighted by Gasteiger charge is 2.31. The van der Waals surface area contributed by atoms with Crippen LogP contribution in [-0.4, -0.2) is 122 Å². The van der Waals surface area contributed by atoms with E-state index in [9.17, 15) is 56.7 Å². The van der Waals surface area contributed by atoms with E-state index in [0.717, 1.165) is 22.3 Å². The van der Waals surface area contributed by atoms with Gasteiger partial charge in [-0.25, -0.2) is 28.0 Å². The van der Waals surface area contributed by atoms with Crippen molar-refractivity contribution in [2.45, 2.75) is 103 Å². The molecular formula is C70H74F2N8O14. The summed E-state index contributed by atoms with van der Waals surface area (Å²) in [5.41, 5.74) is 5.73. The van der Waals surface area contributed by atoms with Crippen molar-refractivity contribution in [2.75, 3.05) is 40.4 Å². The number of methoxy groups -OCH3 is 2. The topological polar surface area (TPSA) is 286 Å². The Hall–Kier alpha value is -10.8. The second kappa shape index (κ2) is 34.6. The number of fused-ring (bicyclic) bond motifs is 2. The maximum atomic E-state index is 14.0. The Labute approximate surface area is 542 Å². The van der Waals surface area contributed by atoms with Crippen molar-refractivity contribution >= 4 is 59.6 Å². The third-order valence-electron chi connectivity index (χ3n) is 15.7. The van der Waals surface area contributed by atoms with Gasteiger partial charge >= 0.3 is 24.1 Å². The average molecular weight is 1290 g/mol. The summed E-state index contributed by atoms with van der Waals surface area (Å²) in [5, 5.41) is 16.3. The quantitative estimate of drug-likeness (QED) is 0.0110. The van der Waals surface area contributed by atoms with Crippen molar-refractivity contribution in [3.63, 3.8) is 0 Å². The predicted molar refractivity (Wildman–Crippen MR) is 339 cm³/mol. The number of hydrogen-bond acceptors (Lipinski definition) is 14. The van der Waals surface area contributed by atoms with Crippen molar-refractivity contribution in [3.05, 3.63) is 224 Å². The molecular weight excluding hydrogens is 1210 g/mol. The van der Waals surface area contributed by atoms with Crippen LogP contribution in [-0.2, 0) is 90.4 Å². The number of halogens is 2. The number of carbonyl (C=O) groups excluding carboxylic acids is 10. The zero-order valence-electron chi connectivity index (χ0n) is 52.1. The van der Waals surface area contributed by atoms with E-state index in [1.54, 1.807) is 119 Å². The summed E-state index contributed by atoms with van der Waals surface area (Å²) < 4.78 is 47.5. The summed E-state index contributed by atoms with van der Waals surface area (Å²) in [7, 11) is 2.36. The standard InChI is InChI=1S/C70H74F2N8O14/c1-91-67(87)59(77-69(89)93-43-47-13-5-3-6-14-47)17-11-31-73-63(83)55-35-49-39-79(41-51(49)37-57(55)65(85)75-33-29-45-21-25-53(71)26-22-45)61(81)19-9-10-20-62(82)80-40-50-36-56(58(38-52(50)42-80)66(86)76-34-30-46-23-27-54(72)28-24-46)64(84)74-32-12-18-60(68(88)92-2)78-70(90)94-44-48-15-7-4-8-16-48/h3-10,13-16,21-28,35-38,59-60H,11-12,17-20,29-34,39-44H2,1-2H3,(H,73,83)(H,74,84)(H,75,85)(H,76,86)(H,77,89)(H,78,90)/b10-9+/t59-,60-/m0/s1. The Morgan fingerprint density at radius 1 is 0.436 bits per heavy atom. The molecule has 2 aliphatic heterocycles. The van der Waals surface area contributed by atoms with Crippen molar-refractivity contribution in [3.8, 4) is 0 Å². The number of carbonyl (C=O) groups is 10. The van der Waals surface area contributed by atoms with Crippen molar-refractivity contribution in [2.24, 2.45) is 0 Å². The largest absolute Gasteiger partial charge is 0.467 e. The molecule has 0 bridgehead atoms. The number of benzene rings is 6. The average Bonchev–Trinajstić information content (AvgIpc) is 1.61. The number of ether oxygens (including phenoxy) is 4. The normalized spacial score (nSPS) is 12.7. The van der Waals surface area contributed by atoms with Crippen LogP contribution in [0.25, 0.3) is 0 Å². The number of rotatable bonds is 30. The second-order valence-electron chi connectivity index (χ2n) is 22.3. The molecule has 0 aliphatic carbocycles. The molecule has 2 atom stereocenters.